The first-order valence-corrected chi connectivity index (χ1v) is 7.39. The summed E-state index contributed by atoms with van der Waals surface area (Å²) in [5, 5.41) is 15.5. The van der Waals surface area contributed by atoms with Crippen molar-refractivity contribution in [2.45, 2.75) is 13.5 Å². The molecule has 1 aromatic heterocycles. The van der Waals surface area contributed by atoms with Crippen molar-refractivity contribution in [1.29, 1.82) is 0 Å². The van der Waals surface area contributed by atoms with Gasteiger partial charge < -0.3 is 5.32 Å². The maximum Gasteiger partial charge on any atom is 0.221 e. The number of rotatable bonds is 4. The number of carbonyl (C=O) groups is 1. The van der Waals surface area contributed by atoms with E-state index in [2.05, 4.69) is 20.7 Å². The number of hydrogen-bond acceptors (Lipinski definition) is 4. The van der Waals surface area contributed by atoms with E-state index in [1.807, 2.05) is 30.3 Å². The topological polar surface area (TPSA) is 72.7 Å². The molecule has 6 nitrogen and oxygen atoms in total. The zero-order valence-electron chi connectivity index (χ0n) is 12.4. The molecular formula is C16H14ClN5O. The average Bonchev–Trinajstić information content (AvgIpc) is 2.98. The van der Waals surface area contributed by atoms with Crippen molar-refractivity contribution in [3.05, 3.63) is 59.1 Å². The number of carbonyl (C=O) groups excluding carboxylic acids is 1. The molecule has 3 rings (SSSR count). The summed E-state index contributed by atoms with van der Waals surface area (Å²) in [5.74, 6) is 0.309. The van der Waals surface area contributed by atoms with Gasteiger partial charge in [0.05, 0.1) is 17.3 Å². The summed E-state index contributed by atoms with van der Waals surface area (Å²) in [4.78, 5) is 12.6. The van der Waals surface area contributed by atoms with Crippen LogP contribution in [0.3, 0.4) is 0 Å². The number of amides is 1. The Morgan fingerprint density at radius 1 is 1.22 bits per heavy atom. The fraction of sp³-hybridized carbons (Fsp3) is 0.125. The second-order valence-electron chi connectivity index (χ2n) is 5.00. The van der Waals surface area contributed by atoms with Crippen LogP contribution in [0.15, 0.2) is 48.5 Å². The van der Waals surface area contributed by atoms with Crippen LogP contribution in [-0.4, -0.2) is 26.1 Å². The van der Waals surface area contributed by atoms with Gasteiger partial charge in [-0.2, -0.15) is 4.80 Å². The van der Waals surface area contributed by atoms with Crippen LogP contribution in [0.25, 0.3) is 11.4 Å². The largest absolute Gasteiger partial charge is 0.325 e. The quantitative estimate of drug-likeness (QED) is 0.799. The van der Waals surface area contributed by atoms with E-state index in [1.54, 1.807) is 18.2 Å². The molecule has 1 N–H and O–H groups in total. The van der Waals surface area contributed by atoms with Crippen molar-refractivity contribution in [1.82, 2.24) is 20.2 Å². The number of nitrogens with one attached hydrogen (secondary N) is 1. The van der Waals surface area contributed by atoms with Gasteiger partial charge in [-0.15, -0.1) is 10.2 Å². The van der Waals surface area contributed by atoms with E-state index in [-0.39, 0.29) is 5.91 Å². The first-order chi connectivity index (χ1) is 11.1. The minimum Gasteiger partial charge on any atom is -0.325 e. The number of aromatic nitrogens is 4. The number of anilines is 1. The lowest BCUT2D eigenvalue weighted by molar-refractivity contribution is -0.114. The molecule has 0 unspecified atom stereocenters. The van der Waals surface area contributed by atoms with Gasteiger partial charge in [0.25, 0.3) is 0 Å². The summed E-state index contributed by atoms with van der Waals surface area (Å²) in [6.07, 6.45) is 0. The second-order valence-corrected chi connectivity index (χ2v) is 5.41. The van der Waals surface area contributed by atoms with Crippen LogP contribution in [-0.2, 0) is 11.3 Å². The van der Waals surface area contributed by atoms with Crippen LogP contribution >= 0.6 is 11.6 Å². The summed E-state index contributed by atoms with van der Waals surface area (Å²) in [6.45, 7) is 1.98. The molecule has 0 radical (unpaired) electrons. The predicted molar refractivity (Wildman–Crippen MR) is 88.1 cm³/mol. The molecule has 3 aromatic rings. The zero-order valence-corrected chi connectivity index (χ0v) is 13.2. The van der Waals surface area contributed by atoms with E-state index >= 15 is 0 Å². The molecule has 23 heavy (non-hydrogen) atoms. The van der Waals surface area contributed by atoms with Gasteiger partial charge in [-0.1, -0.05) is 41.9 Å². The zero-order chi connectivity index (χ0) is 16.2. The van der Waals surface area contributed by atoms with E-state index in [4.69, 9.17) is 11.6 Å². The van der Waals surface area contributed by atoms with Crippen LogP contribution in [0.2, 0.25) is 5.02 Å². The summed E-state index contributed by atoms with van der Waals surface area (Å²) in [6, 6.07) is 15.1. The van der Waals surface area contributed by atoms with Crippen LogP contribution < -0.4 is 5.32 Å². The fourth-order valence-electron chi connectivity index (χ4n) is 2.12. The van der Waals surface area contributed by atoms with Crippen molar-refractivity contribution in [3.8, 4) is 11.4 Å². The Kier molecular flexibility index (Phi) is 4.34. The summed E-state index contributed by atoms with van der Waals surface area (Å²) in [5.41, 5.74) is 2.39. The molecule has 0 aliphatic carbocycles. The second kappa shape index (κ2) is 6.58. The lowest BCUT2D eigenvalue weighted by Gasteiger charge is -2.05. The fourth-order valence-corrected chi connectivity index (χ4v) is 2.35. The molecule has 0 aliphatic rings. The van der Waals surface area contributed by atoms with E-state index in [0.717, 1.165) is 11.1 Å². The summed E-state index contributed by atoms with van der Waals surface area (Å²) in [7, 11) is 0. The Labute approximate surface area is 138 Å². The molecule has 0 spiro atoms. The monoisotopic (exact) mass is 327 g/mol. The van der Waals surface area contributed by atoms with Crippen molar-refractivity contribution in [2.24, 2.45) is 0 Å². The third-order valence-electron chi connectivity index (χ3n) is 3.16. The minimum absolute atomic E-state index is 0.174. The Hall–Kier alpha value is -2.73. The van der Waals surface area contributed by atoms with Gasteiger partial charge in [-0.3, -0.25) is 4.79 Å². The molecule has 0 atom stereocenters. The Bertz CT molecular complexity index is 831. The van der Waals surface area contributed by atoms with E-state index in [1.165, 1.54) is 11.7 Å². The maximum atomic E-state index is 11.1. The van der Waals surface area contributed by atoms with Gasteiger partial charge in [0.15, 0.2) is 0 Å². The lowest BCUT2D eigenvalue weighted by Crippen LogP contribution is -2.06. The average molecular weight is 328 g/mol. The third-order valence-corrected chi connectivity index (χ3v) is 3.47. The number of benzene rings is 2. The standard InChI is InChI=1S/C16H14ClN5O/c1-11(23)18-15-8-7-13(9-14(15)17)16-19-21-22(20-16)10-12-5-3-2-4-6-12/h2-9H,10H2,1H3,(H,18,23). The number of halogens is 1. The first kappa shape index (κ1) is 15.2. The highest BCUT2D eigenvalue weighted by atomic mass is 35.5. The van der Waals surface area contributed by atoms with Gasteiger partial charge in [0.2, 0.25) is 11.7 Å². The molecular weight excluding hydrogens is 314 g/mol. The van der Waals surface area contributed by atoms with Gasteiger partial charge in [-0.25, -0.2) is 0 Å². The molecule has 1 heterocycles. The van der Waals surface area contributed by atoms with Crippen molar-refractivity contribution < 1.29 is 4.79 Å². The molecule has 2 aromatic carbocycles. The van der Waals surface area contributed by atoms with Crippen LogP contribution in [0.5, 0.6) is 0 Å². The summed E-state index contributed by atoms with van der Waals surface area (Å²) < 4.78 is 0. The first-order valence-electron chi connectivity index (χ1n) is 7.01. The Balaban J connectivity index is 1.80. The van der Waals surface area contributed by atoms with Crippen molar-refractivity contribution in [3.63, 3.8) is 0 Å². The number of tetrazole rings is 1. The van der Waals surface area contributed by atoms with Gasteiger partial charge in [-0.05, 0) is 29.0 Å². The van der Waals surface area contributed by atoms with E-state index in [0.29, 0.717) is 23.1 Å². The number of hydrogen-bond donors (Lipinski definition) is 1. The van der Waals surface area contributed by atoms with Crippen LogP contribution in [0.1, 0.15) is 12.5 Å². The molecule has 0 bridgehead atoms. The van der Waals surface area contributed by atoms with Gasteiger partial charge >= 0.3 is 0 Å². The molecule has 1 amide bonds. The Morgan fingerprint density at radius 2 is 2.00 bits per heavy atom. The highest BCUT2D eigenvalue weighted by molar-refractivity contribution is 6.34. The molecule has 0 aliphatic heterocycles. The molecule has 0 saturated heterocycles. The van der Waals surface area contributed by atoms with Crippen molar-refractivity contribution in [2.75, 3.05) is 5.32 Å². The normalized spacial score (nSPS) is 10.5. The molecule has 116 valence electrons. The number of nitrogens with zero attached hydrogens (tertiary/aromatic N) is 4. The minimum atomic E-state index is -0.174. The lowest BCUT2D eigenvalue weighted by atomic mass is 10.2. The summed E-state index contributed by atoms with van der Waals surface area (Å²) >= 11 is 6.16. The predicted octanol–water partition coefficient (Wildman–Crippen LogP) is 3.00. The Morgan fingerprint density at radius 3 is 2.70 bits per heavy atom. The van der Waals surface area contributed by atoms with Crippen LogP contribution in [0.4, 0.5) is 5.69 Å². The highest BCUT2D eigenvalue weighted by Gasteiger charge is 2.10. The smallest absolute Gasteiger partial charge is 0.221 e. The maximum absolute atomic E-state index is 11.1. The van der Waals surface area contributed by atoms with Gasteiger partial charge in [0.1, 0.15) is 0 Å². The highest BCUT2D eigenvalue weighted by Crippen LogP contribution is 2.26. The van der Waals surface area contributed by atoms with E-state index < -0.39 is 0 Å². The van der Waals surface area contributed by atoms with Crippen molar-refractivity contribution >= 4 is 23.2 Å². The molecule has 7 heteroatoms. The molecule has 0 fully saturated rings. The third kappa shape index (κ3) is 3.73. The SMILES string of the molecule is CC(=O)Nc1ccc(-c2nnn(Cc3ccccc3)n2)cc1Cl. The van der Waals surface area contributed by atoms with E-state index in [9.17, 15) is 4.79 Å². The van der Waals surface area contributed by atoms with Gasteiger partial charge in [0, 0.05) is 12.5 Å². The molecule has 0 saturated carbocycles. The van der Waals surface area contributed by atoms with Crippen LogP contribution in [0, 0.1) is 0 Å².